The molecular weight excluding hydrogens is 406 g/mol. The van der Waals surface area contributed by atoms with Gasteiger partial charge < -0.3 is 4.90 Å². The number of rotatable bonds is 7. The standard InChI is InChI=1S/C21H27N3O3S2/c1-22(16-18-8-10-19(28-2)11-9-18)17-21(25)23-12-14-24(15-13-23)29(26,27)20-6-4-3-5-7-20/h3-11H,12-17H2,1-2H3. The first-order chi connectivity index (χ1) is 13.9. The summed E-state index contributed by atoms with van der Waals surface area (Å²) < 4.78 is 26.9. The maximum Gasteiger partial charge on any atom is 0.243 e. The molecule has 0 spiro atoms. The summed E-state index contributed by atoms with van der Waals surface area (Å²) in [6.45, 7) is 2.49. The Balaban J connectivity index is 1.50. The van der Waals surface area contributed by atoms with E-state index in [0.717, 1.165) is 5.56 Å². The largest absolute Gasteiger partial charge is 0.339 e. The summed E-state index contributed by atoms with van der Waals surface area (Å²) in [5.74, 6) is 0.0324. The van der Waals surface area contributed by atoms with Crippen LogP contribution in [0.25, 0.3) is 0 Å². The van der Waals surface area contributed by atoms with Crippen molar-refractivity contribution in [3.63, 3.8) is 0 Å². The van der Waals surface area contributed by atoms with Gasteiger partial charge in [-0.3, -0.25) is 9.69 Å². The molecule has 0 unspecified atom stereocenters. The summed E-state index contributed by atoms with van der Waals surface area (Å²) in [5, 5.41) is 0. The number of carbonyl (C=O) groups is 1. The van der Waals surface area contributed by atoms with Gasteiger partial charge in [-0.2, -0.15) is 4.31 Å². The fourth-order valence-electron chi connectivity index (χ4n) is 3.35. The predicted molar refractivity (Wildman–Crippen MR) is 116 cm³/mol. The molecule has 2 aromatic carbocycles. The summed E-state index contributed by atoms with van der Waals surface area (Å²) in [6.07, 6.45) is 2.05. The fourth-order valence-corrected chi connectivity index (χ4v) is 5.20. The van der Waals surface area contributed by atoms with Crippen LogP contribution in [0.1, 0.15) is 5.56 Å². The fraction of sp³-hybridized carbons (Fsp3) is 0.381. The molecule has 29 heavy (non-hydrogen) atoms. The zero-order chi connectivity index (χ0) is 20.9. The minimum atomic E-state index is -3.50. The summed E-state index contributed by atoms with van der Waals surface area (Å²) in [6, 6.07) is 16.8. The average molecular weight is 434 g/mol. The summed E-state index contributed by atoms with van der Waals surface area (Å²) in [5.41, 5.74) is 1.16. The minimum Gasteiger partial charge on any atom is -0.339 e. The first-order valence-corrected chi connectivity index (χ1v) is 12.2. The number of hydrogen-bond donors (Lipinski definition) is 0. The van der Waals surface area contributed by atoms with Crippen molar-refractivity contribution in [2.24, 2.45) is 0 Å². The van der Waals surface area contributed by atoms with Gasteiger partial charge in [0.15, 0.2) is 0 Å². The van der Waals surface area contributed by atoms with Gasteiger partial charge in [-0.25, -0.2) is 8.42 Å². The van der Waals surface area contributed by atoms with E-state index in [2.05, 4.69) is 24.3 Å². The van der Waals surface area contributed by atoms with Gasteiger partial charge in [-0.15, -0.1) is 11.8 Å². The second-order valence-corrected chi connectivity index (χ2v) is 9.94. The molecule has 1 fully saturated rings. The highest BCUT2D eigenvalue weighted by molar-refractivity contribution is 7.98. The van der Waals surface area contributed by atoms with Crippen LogP contribution < -0.4 is 0 Å². The van der Waals surface area contributed by atoms with Crippen molar-refractivity contribution in [3.05, 3.63) is 60.2 Å². The highest BCUT2D eigenvalue weighted by Gasteiger charge is 2.30. The van der Waals surface area contributed by atoms with Crippen molar-refractivity contribution in [2.45, 2.75) is 16.3 Å². The number of hydrogen-bond acceptors (Lipinski definition) is 5. The van der Waals surface area contributed by atoms with Gasteiger partial charge in [-0.05, 0) is 43.1 Å². The number of carbonyl (C=O) groups excluding carboxylic acids is 1. The van der Waals surface area contributed by atoms with E-state index in [4.69, 9.17) is 0 Å². The molecule has 0 aliphatic carbocycles. The Kier molecular flexibility index (Phi) is 7.34. The van der Waals surface area contributed by atoms with Crippen LogP contribution in [-0.4, -0.2) is 74.5 Å². The molecule has 0 N–H and O–H groups in total. The number of sulfonamides is 1. The lowest BCUT2D eigenvalue weighted by Gasteiger charge is -2.34. The Morgan fingerprint density at radius 2 is 1.62 bits per heavy atom. The Morgan fingerprint density at radius 1 is 1.00 bits per heavy atom. The first kappa shape index (κ1) is 21.8. The summed E-state index contributed by atoms with van der Waals surface area (Å²) in [7, 11) is -1.57. The van der Waals surface area contributed by atoms with Crippen LogP contribution in [0.15, 0.2) is 64.4 Å². The van der Waals surface area contributed by atoms with Crippen LogP contribution in [0.3, 0.4) is 0 Å². The van der Waals surface area contributed by atoms with Gasteiger partial charge in [0.05, 0.1) is 11.4 Å². The van der Waals surface area contributed by atoms with E-state index in [1.807, 2.05) is 18.2 Å². The highest BCUT2D eigenvalue weighted by atomic mass is 32.2. The molecule has 8 heteroatoms. The molecule has 156 valence electrons. The smallest absolute Gasteiger partial charge is 0.243 e. The number of nitrogens with zero attached hydrogens (tertiary/aromatic N) is 3. The lowest BCUT2D eigenvalue weighted by Crippen LogP contribution is -2.52. The normalized spacial score (nSPS) is 15.6. The molecule has 1 aliphatic heterocycles. The lowest BCUT2D eigenvalue weighted by atomic mass is 10.2. The lowest BCUT2D eigenvalue weighted by molar-refractivity contribution is -0.133. The van der Waals surface area contributed by atoms with Crippen LogP contribution in [0.5, 0.6) is 0 Å². The molecular formula is C21H27N3O3S2. The van der Waals surface area contributed by atoms with E-state index < -0.39 is 10.0 Å². The Hall–Kier alpha value is -1.87. The second-order valence-electron chi connectivity index (χ2n) is 7.12. The Bertz CT molecular complexity index is 910. The molecule has 0 bridgehead atoms. The molecule has 0 aromatic heterocycles. The van der Waals surface area contributed by atoms with Crippen LogP contribution in [0.2, 0.25) is 0 Å². The molecule has 0 atom stereocenters. The van der Waals surface area contributed by atoms with Crippen molar-refractivity contribution >= 4 is 27.7 Å². The van der Waals surface area contributed by atoms with Gasteiger partial charge in [-0.1, -0.05) is 30.3 Å². The van der Waals surface area contributed by atoms with Crippen molar-refractivity contribution in [1.82, 2.24) is 14.1 Å². The van der Waals surface area contributed by atoms with E-state index in [9.17, 15) is 13.2 Å². The molecule has 3 rings (SSSR count). The van der Waals surface area contributed by atoms with E-state index >= 15 is 0 Å². The van der Waals surface area contributed by atoms with E-state index in [1.165, 1.54) is 9.20 Å². The monoisotopic (exact) mass is 433 g/mol. The topological polar surface area (TPSA) is 60.9 Å². The molecule has 1 heterocycles. The Labute approximate surface area is 177 Å². The van der Waals surface area contributed by atoms with E-state index in [-0.39, 0.29) is 5.91 Å². The quantitative estimate of drug-likeness (QED) is 0.628. The minimum absolute atomic E-state index is 0.0324. The number of amides is 1. The predicted octanol–water partition coefficient (Wildman–Crippen LogP) is 2.37. The number of thioether (sulfide) groups is 1. The molecule has 1 saturated heterocycles. The summed E-state index contributed by atoms with van der Waals surface area (Å²) in [4.78, 5) is 17.9. The third-order valence-electron chi connectivity index (χ3n) is 4.99. The Morgan fingerprint density at radius 3 is 2.21 bits per heavy atom. The highest BCUT2D eigenvalue weighted by Crippen LogP contribution is 2.18. The molecule has 6 nitrogen and oxygen atoms in total. The third kappa shape index (κ3) is 5.60. The third-order valence-corrected chi connectivity index (χ3v) is 7.65. The second kappa shape index (κ2) is 9.75. The molecule has 1 amide bonds. The summed E-state index contributed by atoms with van der Waals surface area (Å²) >= 11 is 1.70. The van der Waals surface area contributed by atoms with Crippen molar-refractivity contribution in [2.75, 3.05) is 46.0 Å². The van der Waals surface area contributed by atoms with Gasteiger partial charge in [0.1, 0.15) is 0 Å². The van der Waals surface area contributed by atoms with E-state index in [0.29, 0.717) is 44.2 Å². The van der Waals surface area contributed by atoms with Crippen molar-refractivity contribution in [3.8, 4) is 0 Å². The number of piperazine rings is 1. The molecule has 2 aromatic rings. The SMILES string of the molecule is CSc1ccc(CN(C)CC(=O)N2CCN(S(=O)(=O)c3ccccc3)CC2)cc1. The first-order valence-electron chi connectivity index (χ1n) is 9.54. The number of benzene rings is 2. The van der Waals surface area contributed by atoms with Crippen LogP contribution in [-0.2, 0) is 21.4 Å². The van der Waals surface area contributed by atoms with Crippen LogP contribution in [0, 0.1) is 0 Å². The zero-order valence-electron chi connectivity index (χ0n) is 16.8. The average Bonchev–Trinajstić information content (AvgIpc) is 2.75. The van der Waals surface area contributed by atoms with Crippen molar-refractivity contribution in [1.29, 1.82) is 0 Å². The maximum absolute atomic E-state index is 12.7. The molecule has 0 saturated carbocycles. The zero-order valence-corrected chi connectivity index (χ0v) is 18.5. The van der Waals surface area contributed by atoms with Crippen LogP contribution in [0.4, 0.5) is 0 Å². The van der Waals surface area contributed by atoms with E-state index in [1.54, 1.807) is 47.0 Å². The van der Waals surface area contributed by atoms with Gasteiger partial charge >= 0.3 is 0 Å². The van der Waals surface area contributed by atoms with Gasteiger partial charge in [0.25, 0.3) is 0 Å². The van der Waals surface area contributed by atoms with Crippen molar-refractivity contribution < 1.29 is 13.2 Å². The van der Waals surface area contributed by atoms with Crippen LogP contribution >= 0.6 is 11.8 Å². The molecule has 0 radical (unpaired) electrons. The number of likely N-dealkylation sites (N-methyl/N-ethyl adjacent to an activating group) is 1. The maximum atomic E-state index is 12.7. The molecule has 1 aliphatic rings. The van der Waals surface area contributed by atoms with Gasteiger partial charge in [0.2, 0.25) is 15.9 Å². The van der Waals surface area contributed by atoms with Gasteiger partial charge in [0, 0.05) is 37.6 Å².